The SMILES string of the molecule is COc1cccc(CN=C(Nc2ccccc2)NS(C)(=O)=O)c1. The first kappa shape index (κ1) is 16.8. The number of aliphatic imine (C=N–C) groups is 1. The zero-order chi connectivity index (χ0) is 16.7. The van der Waals surface area contributed by atoms with Crippen LogP contribution in [0, 0.1) is 0 Å². The maximum Gasteiger partial charge on any atom is 0.232 e. The second-order valence-electron chi connectivity index (χ2n) is 4.88. The summed E-state index contributed by atoms with van der Waals surface area (Å²) in [5, 5.41) is 2.96. The topological polar surface area (TPSA) is 79.8 Å². The van der Waals surface area contributed by atoms with Crippen molar-refractivity contribution in [3.05, 3.63) is 60.2 Å². The van der Waals surface area contributed by atoms with E-state index in [0.29, 0.717) is 6.54 Å². The van der Waals surface area contributed by atoms with Crippen molar-refractivity contribution in [1.29, 1.82) is 0 Å². The van der Waals surface area contributed by atoms with Gasteiger partial charge in [-0.3, -0.25) is 4.72 Å². The molecule has 2 rings (SSSR count). The van der Waals surface area contributed by atoms with Gasteiger partial charge in [0.15, 0.2) is 0 Å². The molecule has 2 aromatic carbocycles. The molecule has 0 radical (unpaired) electrons. The fraction of sp³-hybridized carbons (Fsp3) is 0.188. The number of nitrogens with zero attached hydrogens (tertiary/aromatic N) is 1. The molecule has 0 saturated carbocycles. The fourth-order valence-electron chi connectivity index (χ4n) is 1.87. The summed E-state index contributed by atoms with van der Waals surface area (Å²) in [6.07, 6.45) is 1.08. The Balaban J connectivity index is 2.18. The molecule has 2 aromatic rings. The molecule has 0 bridgehead atoms. The first-order chi connectivity index (χ1) is 11.0. The third-order valence-electron chi connectivity index (χ3n) is 2.87. The average Bonchev–Trinajstić information content (AvgIpc) is 2.52. The van der Waals surface area contributed by atoms with Gasteiger partial charge in [-0.15, -0.1) is 0 Å². The number of methoxy groups -OCH3 is 1. The Labute approximate surface area is 136 Å². The van der Waals surface area contributed by atoms with Crippen LogP contribution < -0.4 is 14.8 Å². The van der Waals surface area contributed by atoms with Gasteiger partial charge < -0.3 is 10.1 Å². The largest absolute Gasteiger partial charge is 0.497 e. The Kier molecular flexibility index (Phi) is 5.59. The highest BCUT2D eigenvalue weighted by Gasteiger charge is 2.07. The Morgan fingerprint density at radius 2 is 1.87 bits per heavy atom. The predicted molar refractivity (Wildman–Crippen MR) is 92.2 cm³/mol. The summed E-state index contributed by atoms with van der Waals surface area (Å²) < 4.78 is 30.5. The van der Waals surface area contributed by atoms with Gasteiger partial charge in [-0.2, -0.15) is 0 Å². The van der Waals surface area contributed by atoms with Gasteiger partial charge in [-0.1, -0.05) is 30.3 Å². The molecule has 7 heteroatoms. The van der Waals surface area contributed by atoms with Crippen molar-refractivity contribution < 1.29 is 13.2 Å². The minimum absolute atomic E-state index is 0.168. The normalized spacial score (nSPS) is 11.8. The van der Waals surface area contributed by atoms with E-state index < -0.39 is 10.0 Å². The van der Waals surface area contributed by atoms with E-state index in [1.165, 1.54) is 0 Å². The van der Waals surface area contributed by atoms with Crippen molar-refractivity contribution in [2.24, 2.45) is 4.99 Å². The van der Waals surface area contributed by atoms with Crippen LogP contribution in [-0.2, 0) is 16.6 Å². The molecule has 0 heterocycles. The Hall–Kier alpha value is -2.54. The summed E-state index contributed by atoms with van der Waals surface area (Å²) in [5.41, 5.74) is 1.65. The van der Waals surface area contributed by atoms with Gasteiger partial charge in [0.25, 0.3) is 0 Å². The Bertz CT molecular complexity index is 774. The van der Waals surface area contributed by atoms with Gasteiger partial charge in [-0.25, -0.2) is 13.4 Å². The van der Waals surface area contributed by atoms with Crippen LogP contribution in [-0.4, -0.2) is 27.7 Å². The third kappa shape index (κ3) is 5.99. The van der Waals surface area contributed by atoms with E-state index in [9.17, 15) is 8.42 Å². The summed E-state index contributed by atoms with van der Waals surface area (Å²) in [6, 6.07) is 16.7. The lowest BCUT2D eigenvalue weighted by atomic mass is 10.2. The van der Waals surface area contributed by atoms with Crippen molar-refractivity contribution in [2.75, 3.05) is 18.7 Å². The molecule has 0 atom stereocenters. The molecule has 0 saturated heterocycles. The second kappa shape index (κ2) is 7.64. The summed E-state index contributed by atoms with van der Waals surface area (Å²) in [7, 11) is -1.84. The van der Waals surface area contributed by atoms with Crippen LogP contribution in [0.25, 0.3) is 0 Å². The lowest BCUT2D eigenvalue weighted by molar-refractivity contribution is 0.414. The second-order valence-corrected chi connectivity index (χ2v) is 6.63. The van der Waals surface area contributed by atoms with Crippen LogP contribution in [0.1, 0.15) is 5.56 Å². The van der Waals surface area contributed by atoms with E-state index in [0.717, 1.165) is 23.3 Å². The van der Waals surface area contributed by atoms with Crippen LogP contribution in [0.3, 0.4) is 0 Å². The molecule has 122 valence electrons. The van der Waals surface area contributed by atoms with Crippen LogP contribution >= 0.6 is 0 Å². The van der Waals surface area contributed by atoms with Gasteiger partial charge >= 0.3 is 0 Å². The molecule has 0 aliphatic heterocycles. The number of anilines is 1. The van der Waals surface area contributed by atoms with E-state index in [1.54, 1.807) is 7.11 Å². The minimum atomic E-state index is -3.43. The fourth-order valence-corrected chi connectivity index (χ4v) is 2.34. The molecule has 0 spiro atoms. The molecule has 0 unspecified atom stereocenters. The summed E-state index contributed by atoms with van der Waals surface area (Å²) >= 11 is 0. The number of ether oxygens (including phenoxy) is 1. The smallest absolute Gasteiger partial charge is 0.232 e. The number of benzene rings is 2. The van der Waals surface area contributed by atoms with Crippen LogP contribution in [0.5, 0.6) is 5.75 Å². The van der Waals surface area contributed by atoms with Gasteiger partial charge in [0.1, 0.15) is 5.75 Å². The van der Waals surface area contributed by atoms with Gasteiger partial charge in [0, 0.05) is 5.69 Å². The summed E-state index contributed by atoms with van der Waals surface area (Å²) in [6.45, 7) is 0.314. The van der Waals surface area contributed by atoms with E-state index in [4.69, 9.17) is 4.74 Å². The molecular formula is C16H19N3O3S. The quantitative estimate of drug-likeness (QED) is 0.649. The first-order valence-electron chi connectivity index (χ1n) is 6.93. The molecule has 0 aliphatic rings. The predicted octanol–water partition coefficient (Wildman–Crippen LogP) is 2.21. The number of sulfonamides is 1. The monoisotopic (exact) mass is 333 g/mol. The maximum absolute atomic E-state index is 11.5. The number of nitrogens with one attached hydrogen (secondary N) is 2. The molecule has 23 heavy (non-hydrogen) atoms. The minimum Gasteiger partial charge on any atom is -0.497 e. The van der Waals surface area contributed by atoms with Crippen molar-refractivity contribution >= 4 is 21.7 Å². The van der Waals surface area contributed by atoms with Crippen LogP contribution in [0.4, 0.5) is 5.69 Å². The first-order valence-corrected chi connectivity index (χ1v) is 8.82. The standard InChI is InChI=1S/C16H19N3O3S/c1-22-15-10-6-7-13(11-15)12-17-16(19-23(2,20)21)18-14-8-4-3-5-9-14/h3-11H,12H2,1-2H3,(H2,17,18,19). The third-order valence-corrected chi connectivity index (χ3v) is 3.44. The maximum atomic E-state index is 11.5. The lowest BCUT2D eigenvalue weighted by Gasteiger charge is -2.11. The Morgan fingerprint density at radius 1 is 1.13 bits per heavy atom. The van der Waals surface area contributed by atoms with Crippen molar-refractivity contribution in [3.8, 4) is 5.75 Å². The van der Waals surface area contributed by atoms with E-state index in [2.05, 4.69) is 15.0 Å². The number of hydrogen-bond donors (Lipinski definition) is 2. The average molecular weight is 333 g/mol. The number of guanidine groups is 1. The number of para-hydroxylation sites is 1. The van der Waals surface area contributed by atoms with Crippen molar-refractivity contribution in [2.45, 2.75) is 6.54 Å². The highest BCUT2D eigenvalue weighted by atomic mass is 32.2. The molecule has 0 fully saturated rings. The van der Waals surface area contributed by atoms with Crippen LogP contribution in [0.15, 0.2) is 59.6 Å². The van der Waals surface area contributed by atoms with E-state index >= 15 is 0 Å². The molecule has 2 N–H and O–H groups in total. The van der Waals surface area contributed by atoms with Gasteiger partial charge in [0.2, 0.25) is 16.0 Å². The summed E-state index contributed by atoms with van der Waals surface area (Å²) in [4.78, 5) is 4.31. The molecule has 0 aromatic heterocycles. The lowest BCUT2D eigenvalue weighted by Crippen LogP contribution is -2.35. The highest BCUT2D eigenvalue weighted by molar-refractivity contribution is 7.89. The summed E-state index contributed by atoms with van der Waals surface area (Å²) in [5.74, 6) is 0.896. The van der Waals surface area contributed by atoms with Crippen LogP contribution in [0.2, 0.25) is 0 Å². The molecular weight excluding hydrogens is 314 g/mol. The number of hydrogen-bond acceptors (Lipinski definition) is 4. The number of rotatable bonds is 5. The zero-order valence-electron chi connectivity index (χ0n) is 13.0. The van der Waals surface area contributed by atoms with E-state index in [-0.39, 0.29) is 5.96 Å². The molecule has 0 amide bonds. The molecule has 6 nitrogen and oxygen atoms in total. The zero-order valence-corrected chi connectivity index (χ0v) is 13.8. The van der Waals surface area contributed by atoms with Crippen molar-refractivity contribution in [3.63, 3.8) is 0 Å². The van der Waals surface area contributed by atoms with Gasteiger partial charge in [0.05, 0.1) is 19.9 Å². The van der Waals surface area contributed by atoms with Crippen molar-refractivity contribution in [1.82, 2.24) is 4.72 Å². The van der Waals surface area contributed by atoms with E-state index in [1.807, 2.05) is 54.6 Å². The molecule has 0 aliphatic carbocycles. The highest BCUT2D eigenvalue weighted by Crippen LogP contribution is 2.13. The Morgan fingerprint density at radius 3 is 2.52 bits per heavy atom. The van der Waals surface area contributed by atoms with Gasteiger partial charge in [-0.05, 0) is 29.8 Å².